The van der Waals surface area contributed by atoms with Gasteiger partial charge in [0.15, 0.2) is 0 Å². The average Bonchev–Trinajstić information content (AvgIpc) is 2.86. The summed E-state index contributed by atoms with van der Waals surface area (Å²) in [4.78, 5) is 2.54. The van der Waals surface area contributed by atoms with Gasteiger partial charge in [-0.3, -0.25) is 4.90 Å². The molecule has 0 aromatic heterocycles. The number of hydrogen-bond donors (Lipinski definition) is 1. The van der Waals surface area contributed by atoms with Crippen molar-refractivity contribution in [3.05, 3.63) is 34.3 Å². The van der Waals surface area contributed by atoms with Crippen LogP contribution in [0.5, 0.6) is 0 Å². The molecule has 0 bridgehead atoms. The molecule has 1 aromatic rings. The highest BCUT2D eigenvalue weighted by Gasteiger charge is 2.34. The number of nitrogens with two attached hydrogens (primary N) is 1. The molecule has 0 amide bonds. The lowest BCUT2D eigenvalue weighted by Gasteiger charge is -2.40. The van der Waals surface area contributed by atoms with Gasteiger partial charge in [-0.2, -0.15) is 0 Å². The molecule has 1 atom stereocenters. The van der Waals surface area contributed by atoms with E-state index in [4.69, 9.17) is 5.73 Å². The van der Waals surface area contributed by atoms with Crippen LogP contribution in [0.2, 0.25) is 0 Å². The third-order valence-electron chi connectivity index (χ3n) is 4.23. The highest BCUT2D eigenvalue weighted by molar-refractivity contribution is 9.10. The lowest BCUT2D eigenvalue weighted by atomic mass is 9.88. The normalized spacial score (nSPS) is 19.1. The van der Waals surface area contributed by atoms with Crippen molar-refractivity contribution >= 4 is 15.9 Å². The van der Waals surface area contributed by atoms with Gasteiger partial charge in [-0.15, -0.1) is 0 Å². The summed E-state index contributed by atoms with van der Waals surface area (Å²) in [5, 5.41) is 0. The standard InChI is InChI=1S/C15H23BrN2/c1-15(2,18-9-5-6-10-18)14(17)11-12-7-3-4-8-13(12)16/h3-4,7-8,14H,5-6,9-11,17H2,1-2H3. The van der Waals surface area contributed by atoms with Crippen LogP contribution in [0.25, 0.3) is 0 Å². The van der Waals surface area contributed by atoms with Crippen LogP contribution in [0.15, 0.2) is 28.7 Å². The molecule has 2 rings (SSSR count). The summed E-state index contributed by atoms with van der Waals surface area (Å²) in [5.41, 5.74) is 7.85. The first-order valence-corrected chi connectivity index (χ1v) is 7.55. The Hall–Kier alpha value is -0.380. The van der Waals surface area contributed by atoms with Gasteiger partial charge in [0.05, 0.1) is 0 Å². The second kappa shape index (κ2) is 5.72. The van der Waals surface area contributed by atoms with Crippen molar-refractivity contribution in [1.29, 1.82) is 0 Å². The van der Waals surface area contributed by atoms with Gasteiger partial charge in [0.2, 0.25) is 0 Å². The van der Waals surface area contributed by atoms with Crippen LogP contribution in [0.3, 0.4) is 0 Å². The Morgan fingerprint density at radius 2 is 1.89 bits per heavy atom. The molecule has 1 aliphatic rings. The van der Waals surface area contributed by atoms with Gasteiger partial charge in [0.1, 0.15) is 0 Å². The molecule has 1 aliphatic heterocycles. The van der Waals surface area contributed by atoms with E-state index in [0.717, 1.165) is 10.9 Å². The molecule has 2 N–H and O–H groups in total. The Kier molecular flexibility index (Phi) is 4.46. The third-order valence-corrected chi connectivity index (χ3v) is 5.00. The number of hydrogen-bond acceptors (Lipinski definition) is 2. The van der Waals surface area contributed by atoms with E-state index in [1.807, 2.05) is 6.07 Å². The van der Waals surface area contributed by atoms with E-state index in [1.54, 1.807) is 0 Å². The summed E-state index contributed by atoms with van der Waals surface area (Å²) in [6, 6.07) is 8.53. The second-order valence-electron chi connectivity index (χ2n) is 5.75. The Balaban J connectivity index is 2.07. The van der Waals surface area contributed by atoms with Crippen LogP contribution >= 0.6 is 15.9 Å². The fourth-order valence-electron chi connectivity index (χ4n) is 2.68. The fourth-order valence-corrected chi connectivity index (χ4v) is 3.13. The van der Waals surface area contributed by atoms with Crippen LogP contribution in [0.4, 0.5) is 0 Å². The molecule has 1 aromatic carbocycles. The summed E-state index contributed by atoms with van der Waals surface area (Å²) in [6.45, 7) is 6.94. The molecule has 1 saturated heterocycles. The zero-order valence-corrected chi connectivity index (χ0v) is 12.9. The number of likely N-dealkylation sites (tertiary alicyclic amines) is 1. The van der Waals surface area contributed by atoms with Crippen molar-refractivity contribution in [3.8, 4) is 0 Å². The zero-order chi connectivity index (χ0) is 13.2. The van der Waals surface area contributed by atoms with Crippen molar-refractivity contribution in [1.82, 2.24) is 4.90 Å². The molecule has 100 valence electrons. The monoisotopic (exact) mass is 310 g/mol. The van der Waals surface area contributed by atoms with E-state index in [2.05, 4.69) is 52.9 Å². The Morgan fingerprint density at radius 1 is 1.28 bits per heavy atom. The van der Waals surface area contributed by atoms with Gasteiger partial charge in [-0.05, 0) is 57.8 Å². The van der Waals surface area contributed by atoms with Gasteiger partial charge >= 0.3 is 0 Å². The summed E-state index contributed by atoms with van der Waals surface area (Å²) >= 11 is 3.61. The number of rotatable bonds is 4. The van der Waals surface area contributed by atoms with Crippen molar-refractivity contribution in [2.75, 3.05) is 13.1 Å². The summed E-state index contributed by atoms with van der Waals surface area (Å²) in [6.07, 6.45) is 3.54. The van der Waals surface area contributed by atoms with Gasteiger partial charge in [-0.25, -0.2) is 0 Å². The Labute approximate surface area is 119 Å². The summed E-state index contributed by atoms with van der Waals surface area (Å²) in [5.74, 6) is 0. The predicted molar refractivity (Wildman–Crippen MR) is 80.7 cm³/mol. The van der Waals surface area contributed by atoms with Gasteiger partial charge in [0.25, 0.3) is 0 Å². The Bertz CT molecular complexity index is 397. The van der Waals surface area contributed by atoms with Crippen LogP contribution in [-0.2, 0) is 6.42 Å². The molecular formula is C15H23BrN2. The molecule has 1 fully saturated rings. The highest BCUT2D eigenvalue weighted by atomic mass is 79.9. The Morgan fingerprint density at radius 3 is 2.50 bits per heavy atom. The molecular weight excluding hydrogens is 288 g/mol. The minimum absolute atomic E-state index is 0.0752. The lowest BCUT2D eigenvalue weighted by molar-refractivity contribution is 0.123. The number of halogens is 1. The van der Waals surface area contributed by atoms with Gasteiger partial charge < -0.3 is 5.73 Å². The highest BCUT2D eigenvalue weighted by Crippen LogP contribution is 2.26. The van der Waals surface area contributed by atoms with E-state index in [0.29, 0.717) is 0 Å². The molecule has 0 spiro atoms. The lowest BCUT2D eigenvalue weighted by Crippen LogP contribution is -2.56. The van der Waals surface area contributed by atoms with Crippen LogP contribution in [-0.4, -0.2) is 29.6 Å². The third kappa shape index (κ3) is 2.95. The molecule has 1 heterocycles. The van der Waals surface area contributed by atoms with Gasteiger partial charge in [0, 0.05) is 16.1 Å². The minimum atomic E-state index is 0.0752. The minimum Gasteiger partial charge on any atom is -0.326 e. The maximum absolute atomic E-state index is 6.47. The van der Waals surface area contributed by atoms with E-state index in [1.165, 1.54) is 31.5 Å². The molecule has 0 saturated carbocycles. The second-order valence-corrected chi connectivity index (χ2v) is 6.60. The zero-order valence-electron chi connectivity index (χ0n) is 11.3. The van der Waals surface area contributed by atoms with Crippen LogP contribution < -0.4 is 5.73 Å². The maximum atomic E-state index is 6.47. The average molecular weight is 311 g/mol. The molecule has 3 heteroatoms. The topological polar surface area (TPSA) is 29.3 Å². The van der Waals surface area contributed by atoms with E-state index < -0.39 is 0 Å². The smallest absolute Gasteiger partial charge is 0.0307 e. The SMILES string of the molecule is CC(C)(C(N)Cc1ccccc1Br)N1CCCC1. The first-order chi connectivity index (χ1) is 8.51. The summed E-state index contributed by atoms with van der Waals surface area (Å²) in [7, 11) is 0. The molecule has 2 nitrogen and oxygen atoms in total. The van der Waals surface area contributed by atoms with E-state index in [9.17, 15) is 0 Å². The molecule has 18 heavy (non-hydrogen) atoms. The number of nitrogens with zero attached hydrogens (tertiary/aromatic N) is 1. The van der Waals surface area contributed by atoms with E-state index >= 15 is 0 Å². The van der Waals surface area contributed by atoms with Crippen LogP contribution in [0.1, 0.15) is 32.3 Å². The van der Waals surface area contributed by atoms with Crippen molar-refractivity contribution in [3.63, 3.8) is 0 Å². The van der Waals surface area contributed by atoms with E-state index in [-0.39, 0.29) is 11.6 Å². The molecule has 1 unspecified atom stereocenters. The van der Waals surface area contributed by atoms with Crippen molar-refractivity contribution < 1.29 is 0 Å². The largest absolute Gasteiger partial charge is 0.326 e. The van der Waals surface area contributed by atoms with Crippen molar-refractivity contribution in [2.45, 2.75) is 44.7 Å². The maximum Gasteiger partial charge on any atom is 0.0307 e. The first kappa shape index (κ1) is 14.0. The quantitative estimate of drug-likeness (QED) is 0.925. The van der Waals surface area contributed by atoms with Gasteiger partial charge in [-0.1, -0.05) is 34.1 Å². The first-order valence-electron chi connectivity index (χ1n) is 6.76. The van der Waals surface area contributed by atoms with Crippen LogP contribution in [0, 0.1) is 0 Å². The molecule has 0 aliphatic carbocycles. The van der Waals surface area contributed by atoms with Crippen molar-refractivity contribution in [2.24, 2.45) is 5.73 Å². The fraction of sp³-hybridized carbons (Fsp3) is 0.600. The predicted octanol–water partition coefficient (Wildman–Crippen LogP) is 3.19. The number of benzene rings is 1. The summed E-state index contributed by atoms with van der Waals surface area (Å²) < 4.78 is 1.16. The molecule has 0 radical (unpaired) electrons.